The van der Waals surface area contributed by atoms with Gasteiger partial charge in [-0.2, -0.15) is 0 Å². The number of anilines is 1. The van der Waals surface area contributed by atoms with Gasteiger partial charge in [0.2, 0.25) is 0 Å². The van der Waals surface area contributed by atoms with Crippen molar-refractivity contribution in [3.8, 4) is 11.1 Å². The molecule has 0 radical (unpaired) electrons. The average molecular weight is 368 g/mol. The van der Waals surface area contributed by atoms with Crippen molar-refractivity contribution in [3.63, 3.8) is 0 Å². The molecule has 0 unspecified atom stereocenters. The Kier molecular flexibility index (Phi) is 4.74. The second-order valence-electron chi connectivity index (χ2n) is 7.47. The van der Waals surface area contributed by atoms with E-state index in [-0.39, 0.29) is 6.03 Å². The molecule has 4 aromatic rings. The zero-order chi connectivity index (χ0) is 19.7. The molecule has 0 saturated carbocycles. The number of carbonyl (C=O) groups excluding carboxylic acids is 1. The summed E-state index contributed by atoms with van der Waals surface area (Å²) in [7, 11) is 0. The van der Waals surface area contributed by atoms with E-state index in [1.54, 1.807) is 4.57 Å². The second-order valence-corrected chi connectivity index (χ2v) is 7.47. The highest BCUT2D eigenvalue weighted by atomic mass is 16.2. The number of amides is 1. The zero-order valence-electron chi connectivity index (χ0n) is 16.4. The Balaban J connectivity index is 1.81. The van der Waals surface area contributed by atoms with Crippen LogP contribution in [0.1, 0.15) is 30.9 Å². The van der Waals surface area contributed by atoms with Crippen LogP contribution in [0.2, 0.25) is 0 Å². The fourth-order valence-corrected chi connectivity index (χ4v) is 3.63. The topological polar surface area (TPSA) is 34.0 Å². The summed E-state index contributed by atoms with van der Waals surface area (Å²) in [6.45, 7) is 6.42. The van der Waals surface area contributed by atoms with Crippen molar-refractivity contribution in [2.45, 2.75) is 26.7 Å². The molecule has 0 saturated heterocycles. The third kappa shape index (κ3) is 3.31. The second kappa shape index (κ2) is 7.35. The van der Waals surface area contributed by atoms with Crippen LogP contribution in [0.25, 0.3) is 22.0 Å². The Morgan fingerprint density at radius 2 is 1.54 bits per heavy atom. The van der Waals surface area contributed by atoms with Crippen LogP contribution in [-0.2, 0) is 0 Å². The van der Waals surface area contributed by atoms with Crippen molar-refractivity contribution in [1.82, 2.24) is 4.57 Å². The molecule has 3 aromatic carbocycles. The molecule has 1 heterocycles. The van der Waals surface area contributed by atoms with E-state index >= 15 is 0 Å². The SMILES string of the molecule is Cc1ccc(NC(=O)n2cc(-c3ccccc3C(C)C)c3ccccc32)cc1. The maximum atomic E-state index is 13.0. The molecule has 4 rings (SSSR count). The minimum Gasteiger partial charge on any atom is -0.307 e. The van der Waals surface area contributed by atoms with Crippen molar-refractivity contribution in [1.29, 1.82) is 0 Å². The van der Waals surface area contributed by atoms with E-state index in [1.165, 1.54) is 11.1 Å². The Labute approximate surface area is 165 Å². The number of para-hydroxylation sites is 1. The molecule has 1 amide bonds. The molecule has 1 aromatic heterocycles. The first kappa shape index (κ1) is 18.1. The molecule has 28 heavy (non-hydrogen) atoms. The molecule has 0 aliphatic rings. The lowest BCUT2D eigenvalue weighted by molar-refractivity contribution is 0.254. The van der Waals surface area contributed by atoms with E-state index in [0.717, 1.165) is 27.7 Å². The van der Waals surface area contributed by atoms with Crippen LogP contribution in [-0.4, -0.2) is 10.6 Å². The minimum atomic E-state index is -0.159. The van der Waals surface area contributed by atoms with Gasteiger partial charge in [0.1, 0.15) is 0 Å². The van der Waals surface area contributed by atoms with Gasteiger partial charge in [0, 0.05) is 22.8 Å². The lowest BCUT2D eigenvalue weighted by Crippen LogP contribution is -2.18. The van der Waals surface area contributed by atoms with Crippen molar-refractivity contribution in [2.75, 3.05) is 5.32 Å². The molecule has 140 valence electrons. The van der Waals surface area contributed by atoms with Gasteiger partial charge in [0.25, 0.3) is 0 Å². The van der Waals surface area contributed by atoms with Crippen LogP contribution in [0.15, 0.2) is 79.0 Å². The zero-order valence-corrected chi connectivity index (χ0v) is 16.4. The van der Waals surface area contributed by atoms with Crippen LogP contribution in [0, 0.1) is 6.92 Å². The third-order valence-corrected chi connectivity index (χ3v) is 5.11. The third-order valence-electron chi connectivity index (χ3n) is 5.11. The summed E-state index contributed by atoms with van der Waals surface area (Å²) < 4.78 is 1.71. The summed E-state index contributed by atoms with van der Waals surface area (Å²) in [5, 5.41) is 4.08. The van der Waals surface area contributed by atoms with Crippen LogP contribution in [0.4, 0.5) is 10.5 Å². The van der Waals surface area contributed by atoms with E-state index in [9.17, 15) is 4.79 Å². The smallest absolute Gasteiger partial charge is 0.307 e. The summed E-state index contributed by atoms with van der Waals surface area (Å²) in [6, 6.07) is 24.2. The van der Waals surface area contributed by atoms with E-state index in [1.807, 2.05) is 55.6 Å². The fraction of sp³-hybridized carbons (Fsp3) is 0.160. The normalized spacial score (nSPS) is 11.1. The molecule has 3 heteroatoms. The number of fused-ring (bicyclic) bond motifs is 1. The number of benzene rings is 3. The lowest BCUT2D eigenvalue weighted by atomic mass is 9.92. The highest BCUT2D eigenvalue weighted by Crippen LogP contribution is 2.35. The van der Waals surface area contributed by atoms with Crippen molar-refractivity contribution in [3.05, 3.63) is 90.1 Å². The van der Waals surface area contributed by atoms with Crippen molar-refractivity contribution >= 4 is 22.6 Å². The summed E-state index contributed by atoms with van der Waals surface area (Å²) in [5.74, 6) is 0.402. The number of hydrogen-bond donors (Lipinski definition) is 1. The van der Waals surface area contributed by atoms with Gasteiger partial charge in [-0.15, -0.1) is 0 Å². The number of rotatable bonds is 3. The van der Waals surface area contributed by atoms with Gasteiger partial charge in [0.05, 0.1) is 5.52 Å². The first-order valence-electron chi connectivity index (χ1n) is 9.62. The Morgan fingerprint density at radius 1 is 0.857 bits per heavy atom. The number of nitrogens with zero attached hydrogens (tertiary/aromatic N) is 1. The summed E-state index contributed by atoms with van der Waals surface area (Å²) in [4.78, 5) is 13.0. The number of aromatic nitrogens is 1. The minimum absolute atomic E-state index is 0.159. The van der Waals surface area contributed by atoms with Crippen molar-refractivity contribution in [2.24, 2.45) is 0 Å². The number of carbonyl (C=O) groups is 1. The van der Waals surface area contributed by atoms with Gasteiger partial charge in [-0.1, -0.05) is 74.0 Å². The lowest BCUT2D eigenvalue weighted by Gasteiger charge is -2.12. The predicted octanol–water partition coefficient (Wildman–Crippen LogP) is 6.82. The molecule has 0 atom stereocenters. The van der Waals surface area contributed by atoms with E-state index in [4.69, 9.17) is 0 Å². The Hall–Kier alpha value is -3.33. The molecule has 0 fully saturated rings. The first-order valence-corrected chi connectivity index (χ1v) is 9.62. The average Bonchev–Trinajstić information content (AvgIpc) is 3.09. The van der Waals surface area contributed by atoms with E-state index in [0.29, 0.717) is 5.92 Å². The van der Waals surface area contributed by atoms with Gasteiger partial charge >= 0.3 is 6.03 Å². The number of nitrogens with one attached hydrogen (secondary N) is 1. The van der Waals surface area contributed by atoms with Gasteiger partial charge in [0.15, 0.2) is 0 Å². The number of aryl methyl sites for hydroxylation is 1. The quantitative estimate of drug-likeness (QED) is 0.423. The first-order chi connectivity index (χ1) is 13.5. The van der Waals surface area contributed by atoms with Crippen LogP contribution < -0.4 is 5.32 Å². The van der Waals surface area contributed by atoms with Crippen LogP contribution in [0.5, 0.6) is 0 Å². The highest BCUT2D eigenvalue weighted by molar-refractivity contribution is 6.05. The maximum absolute atomic E-state index is 13.0. The van der Waals surface area contributed by atoms with Gasteiger partial charge < -0.3 is 5.32 Å². The highest BCUT2D eigenvalue weighted by Gasteiger charge is 2.17. The standard InChI is InChI=1S/C25H24N2O/c1-17(2)20-8-4-5-9-21(20)23-16-27(24-11-7-6-10-22(23)24)25(28)26-19-14-12-18(3)13-15-19/h4-17H,1-3H3,(H,26,28). The molecule has 1 N–H and O–H groups in total. The molecule has 0 aliphatic carbocycles. The molecule has 0 bridgehead atoms. The van der Waals surface area contributed by atoms with Crippen LogP contribution >= 0.6 is 0 Å². The predicted molar refractivity (Wildman–Crippen MR) is 117 cm³/mol. The maximum Gasteiger partial charge on any atom is 0.330 e. The van der Waals surface area contributed by atoms with Gasteiger partial charge in [-0.3, -0.25) is 4.57 Å². The Bertz CT molecular complexity index is 1140. The van der Waals surface area contributed by atoms with Gasteiger partial charge in [-0.25, -0.2) is 4.79 Å². The van der Waals surface area contributed by atoms with E-state index in [2.05, 4.69) is 49.5 Å². The molecule has 3 nitrogen and oxygen atoms in total. The summed E-state index contributed by atoms with van der Waals surface area (Å²) in [5.41, 5.74) is 6.40. The van der Waals surface area contributed by atoms with Gasteiger partial charge in [-0.05, 0) is 42.2 Å². The van der Waals surface area contributed by atoms with E-state index < -0.39 is 0 Å². The van der Waals surface area contributed by atoms with Crippen LogP contribution in [0.3, 0.4) is 0 Å². The fourth-order valence-electron chi connectivity index (χ4n) is 3.63. The molecule has 0 aliphatic heterocycles. The summed E-state index contributed by atoms with van der Waals surface area (Å²) in [6.07, 6.45) is 1.95. The van der Waals surface area contributed by atoms with Crippen molar-refractivity contribution < 1.29 is 4.79 Å². The summed E-state index contributed by atoms with van der Waals surface area (Å²) >= 11 is 0. The molecular weight excluding hydrogens is 344 g/mol. The molecular formula is C25H24N2O. The Morgan fingerprint density at radius 3 is 2.29 bits per heavy atom. The largest absolute Gasteiger partial charge is 0.330 e. The molecule has 0 spiro atoms. The monoisotopic (exact) mass is 368 g/mol. The number of hydrogen-bond acceptors (Lipinski definition) is 1.